The third-order valence-corrected chi connectivity index (χ3v) is 6.59. The van der Waals surface area contributed by atoms with E-state index in [9.17, 15) is 13.2 Å². The predicted octanol–water partition coefficient (Wildman–Crippen LogP) is 2.26. The molecule has 0 unspecified atom stereocenters. The maximum absolute atomic E-state index is 12.8. The fourth-order valence-electron chi connectivity index (χ4n) is 3.32. The first-order valence-electron chi connectivity index (χ1n) is 8.45. The molecular formula is C19H19N3O3S. The lowest BCUT2D eigenvalue weighted by Gasteiger charge is -2.23. The van der Waals surface area contributed by atoms with Gasteiger partial charge in [0.05, 0.1) is 22.8 Å². The second-order valence-corrected chi connectivity index (χ2v) is 8.88. The standard InChI is InChI=1S/C19H19N3O3S/c1-21(16-9-10-26(24,25)13-16)19(23)15-7-8-18-20-17(12-22(18)11-15)14-5-3-2-4-6-14/h2-8,11-12,16H,9-10,13H2,1H3/t16-/m0/s1. The van der Waals surface area contributed by atoms with Gasteiger partial charge in [0.25, 0.3) is 5.91 Å². The van der Waals surface area contributed by atoms with Crippen molar-refractivity contribution in [2.75, 3.05) is 18.6 Å². The van der Waals surface area contributed by atoms with Crippen LogP contribution in [0.1, 0.15) is 16.8 Å². The van der Waals surface area contributed by atoms with Crippen LogP contribution in [0.25, 0.3) is 16.9 Å². The van der Waals surface area contributed by atoms with E-state index in [0.29, 0.717) is 12.0 Å². The van der Waals surface area contributed by atoms with E-state index in [1.165, 1.54) is 0 Å². The van der Waals surface area contributed by atoms with Crippen molar-refractivity contribution in [3.8, 4) is 11.3 Å². The Hall–Kier alpha value is -2.67. The van der Waals surface area contributed by atoms with Crippen LogP contribution in [0, 0.1) is 0 Å². The number of hydrogen-bond donors (Lipinski definition) is 0. The Labute approximate surface area is 152 Å². The Kier molecular flexibility index (Phi) is 4.03. The maximum Gasteiger partial charge on any atom is 0.255 e. The van der Waals surface area contributed by atoms with Crippen LogP contribution in [0.15, 0.2) is 54.9 Å². The molecule has 134 valence electrons. The van der Waals surface area contributed by atoms with Crippen molar-refractivity contribution in [2.24, 2.45) is 0 Å². The highest BCUT2D eigenvalue weighted by Gasteiger charge is 2.33. The van der Waals surface area contributed by atoms with Gasteiger partial charge in [-0.05, 0) is 18.6 Å². The topological polar surface area (TPSA) is 71.8 Å². The molecular weight excluding hydrogens is 350 g/mol. The van der Waals surface area contributed by atoms with Crippen LogP contribution in [-0.4, -0.2) is 53.2 Å². The van der Waals surface area contributed by atoms with E-state index < -0.39 is 9.84 Å². The molecule has 3 heterocycles. The van der Waals surface area contributed by atoms with Crippen molar-refractivity contribution in [3.05, 3.63) is 60.4 Å². The predicted molar refractivity (Wildman–Crippen MR) is 99.8 cm³/mol. The van der Waals surface area contributed by atoms with Crippen molar-refractivity contribution in [2.45, 2.75) is 12.5 Å². The first-order valence-corrected chi connectivity index (χ1v) is 10.3. The van der Waals surface area contributed by atoms with Gasteiger partial charge in [0.2, 0.25) is 0 Å². The molecule has 0 aliphatic carbocycles. The van der Waals surface area contributed by atoms with Crippen molar-refractivity contribution < 1.29 is 13.2 Å². The van der Waals surface area contributed by atoms with Crippen molar-refractivity contribution in [3.63, 3.8) is 0 Å². The number of carbonyl (C=O) groups excluding carboxylic acids is 1. The van der Waals surface area contributed by atoms with Gasteiger partial charge in [-0.1, -0.05) is 30.3 Å². The first kappa shape index (κ1) is 16.8. The van der Waals surface area contributed by atoms with Gasteiger partial charge in [0.1, 0.15) is 5.65 Å². The van der Waals surface area contributed by atoms with Crippen LogP contribution in [-0.2, 0) is 9.84 Å². The Morgan fingerprint density at radius 1 is 1.15 bits per heavy atom. The molecule has 1 amide bonds. The zero-order chi connectivity index (χ0) is 18.3. The number of aromatic nitrogens is 2. The molecule has 1 aliphatic heterocycles. The van der Waals surface area contributed by atoms with E-state index in [1.807, 2.05) is 40.9 Å². The fourth-order valence-corrected chi connectivity index (χ4v) is 5.09. The van der Waals surface area contributed by atoms with Gasteiger partial charge in [-0.15, -0.1) is 0 Å². The highest BCUT2D eigenvalue weighted by Crippen LogP contribution is 2.21. The maximum atomic E-state index is 12.8. The molecule has 0 N–H and O–H groups in total. The average molecular weight is 369 g/mol. The number of carbonyl (C=O) groups is 1. The molecule has 0 spiro atoms. The second kappa shape index (κ2) is 6.25. The zero-order valence-electron chi connectivity index (χ0n) is 14.4. The van der Waals surface area contributed by atoms with E-state index in [4.69, 9.17) is 0 Å². The SMILES string of the molecule is CN(C(=O)c1ccc2nc(-c3ccccc3)cn2c1)[C@H]1CCS(=O)(=O)C1. The van der Waals surface area contributed by atoms with E-state index in [1.54, 1.807) is 30.3 Å². The molecule has 1 aliphatic rings. The van der Waals surface area contributed by atoms with Gasteiger partial charge in [-0.25, -0.2) is 13.4 Å². The zero-order valence-corrected chi connectivity index (χ0v) is 15.2. The number of pyridine rings is 1. The number of hydrogen-bond acceptors (Lipinski definition) is 4. The number of sulfone groups is 1. The second-order valence-electron chi connectivity index (χ2n) is 6.65. The van der Waals surface area contributed by atoms with Gasteiger partial charge >= 0.3 is 0 Å². The van der Waals surface area contributed by atoms with Gasteiger partial charge < -0.3 is 9.30 Å². The molecule has 1 saturated heterocycles. The Morgan fingerprint density at radius 2 is 1.92 bits per heavy atom. The van der Waals surface area contributed by atoms with Crippen LogP contribution in [0.5, 0.6) is 0 Å². The molecule has 2 aromatic heterocycles. The quantitative estimate of drug-likeness (QED) is 0.710. The van der Waals surface area contributed by atoms with Gasteiger partial charge in [-0.3, -0.25) is 4.79 Å². The summed E-state index contributed by atoms with van der Waals surface area (Å²) in [7, 11) is -1.36. The summed E-state index contributed by atoms with van der Waals surface area (Å²) < 4.78 is 25.2. The van der Waals surface area contributed by atoms with Crippen molar-refractivity contribution >= 4 is 21.4 Å². The third-order valence-electron chi connectivity index (χ3n) is 4.84. The fraction of sp³-hybridized carbons (Fsp3) is 0.263. The number of nitrogens with zero attached hydrogens (tertiary/aromatic N) is 3. The molecule has 0 radical (unpaired) electrons. The highest BCUT2D eigenvalue weighted by molar-refractivity contribution is 7.91. The molecule has 1 fully saturated rings. The lowest BCUT2D eigenvalue weighted by molar-refractivity contribution is 0.0747. The van der Waals surface area contributed by atoms with Crippen LogP contribution in [0.2, 0.25) is 0 Å². The molecule has 6 nitrogen and oxygen atoms in total. The molecule has 26 heavy (non-hydrogen) atoms. The lowest BCUT2D eigenvalue weighted by Crippen LogP contribution is -2.37. The van der Waals surface area contributed by atoms with Gasteiger partial charge in [0, 0.05) is 31.0 Å². The molecule has 1 atom stereocenters. The minimum Gasteiger partial charge on any atom is -0.338 e. The summed E-state index contributed by atoms with van der Waals surface area (Å²) in [4.78, 5) is 18.9. The normalized spacial score (nSPS) is 18.9. The average Bonchev–Trinajstić information content (AvgIpc) is 3.23. The summed E-state index contributed by atoms with van der Waals surface area (Å²) in [5.74, 6) is 0.0146. The molecule has 4 rings (SSSR count). The molecule has 1 aromatic carbocycles. The van der Waals surface area contributed by atoms with E-state index in [2.05, 4.69) is 4.98 Å². The first-order chi connectivity index (χ1) is 12.4. The number of imidazole rings is 1. The Bertz CT molecular complexity index is 1070. The minimum absolute atomic E-state index is 0.0424. The van der Waals surface area contributed by atoms with Crippen LogP contribution < -0.4 is 0 Å². The monoisotopic (exact) mass is 369 g/mol. The summed E-state index contributed by atoms with van der Waals surface area (Å²) in [6.45, 7) is 0. The number of benzene rings is 1. The summed E-state index contributed by atoms with van der Waals surface area (Å²) in [6, 6.07) is 13.1. The van der Waals surface area contributed by atoms with E-state index in [0.717, 1.165) is 16.9 Å². The summed E-state index contributed by atoms with van der Waals surface area (Å²) in [5, 5.41) is 0. The number of rotatable bonds is 3. The van der Waals surface area contributed by atoms with Crippen LogP contribution >= 0.6 is 0 Å². The van der Waals surface area contributed by atoms with E-state index >= 15 is 0 Å². The molecule has 0 saturated carbocycles. The smallest absolute Gasteiger partial charge is 0.255 e. The van der Waals surface area contributed by atoms with Crippen molar-refractivity contribution in [1.29, 1.82) is 0 Å². The summed E-state index contributed by atoms with van der Waals surface area (Å²) >= 11 is 0. The van der Waals surface area contributed by atoms with Gasteiger partial charge in [0.15, 0.2) is 9.84 Å². The number of amides is 1. The number of fused-ring (bicyclic) bond motifs is 1. The van der Waals surface area contributed by atoms with Crippen LogP contribution in [0.3, 0.4) is 0 Å². The summed E-state index contributed by atoms with van der Waals surface area (Å²) in [6.07, 6.45) is 4.13. The lowest BCUT2D eigenvalue weighted by atomic mass is 10.2. The third kappa shape index (κ3) is 3.10. The highest BCUT2D eigenvalue weighted by atomic mass is 32.2. The molecule has 7 heteroatoms. The van der Waals surface area contributed by atoms with Crippen LogP contribution in [0.4, 0.5) is 0 Å². The van der Waals surface area contributed by atoms with Crippen molar-refractivity contribution in [1.82, 2.24) is 14.3 Å². The molecule has 3 aromatic rings. The van der Waals surface area contributed by atoms with Gasteiger partial charge in [-0.2, -0.15) is 0 Å². The Morgan fingerprint density at radius 3 is 2.62 bits per heavy atom. The largest absolute Gasteiger partial charge is 0.338 e. The molecule has 0 bridgehead atoms. The van der Waals surface area contributed by atoms with E-state index in [-0.39, 0.29) is 23.5 Å². The Balaban J connectivity index is 1.62. The summed E-state index contributed by atoms with van der Waals surface area (Å²) in [5.41, 5.74) is 3.12. The minimum atomic E-state index is -3.03.